The summed E-state index contributed by atoms with van der Waals surface area (Å²) in [5.41, 5.74) is 1.75. The lowest BCUT2D eigenvalue weighted by atomic mass is 9.97. The Balaban J connectivity index is 1.42. The molecule has 1 unspecified atom stereocenters. The van der Waals surface area contributed by atoms with Gasteiger partial charge in [-0.3, -0.25) is 19.7 Å². The van der Waals surface area contributed by atoms with Crippen LogP contribution >= 0.6 is 23.4 Å². The molecule has 3 aromatic carbocycles. The lowest BCUT2D eigenvalue weighted by Gasteiger charge is -2.22. The Morgan fingerprint density at radius 2 is 1.57 bits per heavy atom. The monoisotopic (exact) mass is 509 g/mol. The minimum Gasteiger partial charge on any atom is -0.485 e. The molecule has 7 nitrogen and oxygen atoms in total. The highest BCUT2D eigenvalue weighted by molar-refractivity contribution is 8.16. The standard InChI is InChI=1S/C26H20ClNO6S/c27-21-9-5-4-8-20(21)22(29)16-33-19-12-10-17(11-13-19)14-26(23(30)28-25(32)35-26)24(31)34-15-18-6-2-1-3-7-18/h1-13H,14-16H2,(H,28,30,32). The molecule has 0 spiro atoms. The summed E-state index contributed by atoms with van der Waals surface area (Å²) in [4.78, 5) is 49.9. The van der Waals surface area contributed by atoms with Crippen molar-refractivity contribution < 1.29 is 28.7 Å². The number of benzene rings is 3. The van der Waals surface area contributed by atoms with Crippen molar-refractivity contribution in [2.24, 2.45) is 0 Å². The molecule has 1 fully saturated rings. The zero-order chi connectivity index (χ0) is 24.8. The third-order valence-electron chi connectivity index (χ3n) is 5.31. The topological polar surface area (TPSA) is 98.8 Å². The summed E-state index contributed by atoms with van der Waals surface area (Å²) >= 11 is 6.66. The number of amides is 2. The SMILES string of the molecule is O=C1NC(=O)C(Cc2ccc(OCC(=O)c3ccccc3Cl)cc2)(C(=O)OCc2ccccc2)S1. The van der Waals surface area contributed by atoms with Gasteiger partial charge in [0.05, 0.1) is 5.02 Å². The van der Waals surface area contributed by atoms with Crippen molar-refractivity contribution in [3.63, 3.8) is 0 Å². The van der Waals surface area contributed by atoms with E-state index >= 15 is 0 Å². The van der Waals surface area contributed by atoms with Crippen LogP contribution in [0.1, 0.15) is 21.5 Å². The molecule has 0 aromatic heterocycles. The number of nitrogens with one attached hydrogen (secondary N) is 1. The average molecular weight is 510 g/mol. The molecule has 1 N–H and O–H groups in total. The number of thioether (sulfide) groups is 1. The van der Waals surface area contributed by atoms with Crippen molar-refractivity contribution in [2.45, 2.75) is 17.8 Å². The van der Waals surface area contributed by atoms with Crippen LogP contribution in [0.4, 0.5) is 4.79 Å². The lowest BCUT2D eigenvalue weighted by Crippen LogP contribution is -2.46. The number of hydrogen-bond donors (Lipinski definition) is 1. The van der Waals surface area contributed by atoms with Gasteiger partial charge in [-0.05, 0) is 47.2 Å². The Labute approximate surface area is 210 Å². The number of carbonyl (C=O) groups excluding carboxylic acids is 4. The van der Waals surface area contributed by atoms with Gasteiger partial charge in [-0.25, -0.2) is 4.79 Å². The molecule has 1 aliphatic rings. The van der Waals surface area contributed by atoms with Gasteiger partial charge in [-0.2, -0.15) is 0 Å². The van der Waals surface area contributed by atoms with Crippen molar-refractivity contribution in [3.8, 4) is 5.75 Å². The summed E-state index contributed by atoms with van der Waals surface area (Å²) in [6.07, 6.45) is -0.0539. The molecule has 1 aliphatic heterocycles. The maximum atomic E-state index is 13.0. The Hall–Kier alpha value is -3.62. The van der Waals surface area contributed by atoms with E-state index in [0.29, 0.717) is 33.7 Å². The van der Waals surface area contributed by atoms with Crippen LogP contribution in [0.3, 0.4) is 0 Å². The minimum atomic E-state index is -1.73. The van der Waals surface area contributed by atoms with Crippen LogP contribution in [0.25, 0.3) is 0 Å². The molecule has 0 radical (unpaired) electrons. The first-order chi connectivity index (χ1) is 16.9. The minimum absolute atomic E-state index is 0.0182. The molecule has 0 saturated carbocycles. The first-order valence-electron chi connectivity index (χ1n) is 10.6. The Bertz CT molecular complexity index is 1260. The largest absolute Gasteiger partial charge is 0.485 e. The van der Waals surface area contributed by atoms with Crippen LogP contribution in [0.2, 0.25) is 5.02 Å². The number of ether oxygens (including phenoxy) is 2. The number of rotatable bonds is 9. The number of Topliss-reactive ketones (excluding diaryl/α,β-unsaturated/α-hetero) is 1. The first-order valence-corrected chi connectivity index (χ1v) is 11.8. The van der Waals surface area contributed by atoms with Crippen molar-refractivity contribution in [1.82, 2.24) is 5.32 Å². The smallest absolute Gasteiger partial charge is 0.333 e. The highest BCUT2D eigenvalue weighted by Crippen LogP contribution is 2.37. The molecular formula is C26H20ClNO6S. The second-order valence-corrected chi connectivity index (χ2v) is 9.42. The third kappa shape index (κ3) is 5.72. The van der Waals surface area contributed by atoms with E-state index in [1.54, 1.807) is 60.7 Å². The van der Waals surface area contributed by atoms with Gasteiger partial charge in [-0.1, -0.05) is 66.2 Å². The van der Waals surface area contributed by atoms with Crippen LogP contribution in [-0.4, -0.2) is 34.3 Å². The molecule has 0 bridgehead atoms. The van der Waals surface area contributed by atoms with Crippen molar-refractivity contribution >= 4 is 46.3 Å². The van der Waals surface area contributed by atoms with Crippen LogP contribution < -0.4 is 10.1 Å². The van der Waals surface area contributed by atoms with E-state index in [2.05, 4.69) is 5.32 Å². The molecule has 9 heteroatoms. The second kappa shape index (κ2) is 10.8. The van der Waals surface area contributed by atoms with Crippen molar-refractivity contribution in [3.05, 3.63) is 101 Å². The van der Waals surface area contributed by atoms with E-state index in [9.17, 15) is 19.2 Å². The molecule has 1 saturated heterocycles. The molecule has 3 aromatic rings. The number of carbonyl (C=O) groups is 4. The van der Waals surface area contributed by atoms with E-state index in [1.807, 2.05) is 18.2 Å². The van der Waals surface area contributed by atoms with Crippen molar-refractivity contribution in [2.75, 3.05) is 6.61 Å². The van der Waals surface area contributed by atoms with Gasteiger partial charge in [0.25, 0.3) is 11.1 Å². The van der Waals surface area contributed by atoms with E-state index < -0.39 is 21.9 Å². The zero-order valence-corrected chi connectivity index (χ0v) is 19.9. The van der Waals surface area contributed by atoms with Gasteiger partial charge in [0.15, 0.2) is 6.61 Å². The van der Waals surface area contributed by atoms with Gasteiger partial charge >= 0.3 is 5.97 Å². The number of esters is 1. The van der Waals surface area contributed by atoms with Gasteiger partial charge in [0.1, 0.15) is 12.4 Å². The predicted molar refractivity (Wildman–Crippen MR) is 132 cm³/mol. The fourth-order valence-corrected chi connectivity index (χ4v) is 4.72. The molecule has 35 heavy (non-hydrogen) atoms. The lowest BCUT2D eigenvalue weighted by molar-refractivity contribution is -0.150. The van der Waals surface area contributed by atoms with E-state index in [1.165, 1.54) is 0 Å². The summed E-state index contributed by atoms with van der Waals surface area (Å²) in [6, 6.07) is 22.3. The highest BCUT2D eigenvalue weighted by Gasteiger charge is 2.55. The second-order valence-electron chi connectivity index (χ2n) is 7.74. The summed E-state index contributed by atoms with van der Waals surface area (Å²) in [7, 11) is 0. The van der Waals surface area contributed by atoms with Crippen LogP contribution in [-0.2, 0) is 27.4 Å². The summed E-state index contributed by atoms with van der Waals surface area (Å²) < 4.78 is 9.24. The van der Waals surface area contributed by atoms with Gasteiger partial charge in [0, 0.05) is 12.0 Å². The Morgan fingerprint density at radius 3 is 2.23 bits per heavy atom. The van der Waals surface area contributed by atoms with Crippen molar-refractivity contribution in [1.29, 1.82) is 0 Å². The van der Waals surface area contributed by atoms with E-state index in [0.717, 1.165) is 5.56 Å². The molecule has 0 aliphatic carbocycles. The normalized spacial score (nSPS) is 17.1. The maximum absolute atomic E-state index is 13.0. The van der Waals surface area contributed by atoms with Gasteiger partial charge in [0.2, 0.25) is 10.5 Å². The van der Waals surface area contributed by atoms with Gasteiger partial charge in [-0.15, -0.1) is 0 Å². The van der Waals surface area contributed by atoms with Gasteiger partial charge < -0.3 is 9.47 Å². The fraction of sp³-hybridized carbons (Fsp3) is 0.154. The van der Waals surface area contributed by atoms with E-state index in [4.69, 9.17) is 21.1 Å². The first kappa shape index (κ1) is 24.5. The number of hydrogen-bond acceptors (Lipinski definition) is 7. The molecule has 178 valence electrons. The molecular weight excluding hydrogens is 490 g/mol. The number of imide groups is 1. The zero-order valence-electron chi connectivity index (χ0n) is 18.4. The van der Waals surface area contributed by atoms with Crippen LogP contribution in [0.5, 0.6) is 5.75 Å². The molecule has 1 heterocycles. The molecule has 1 atom stereocenters. The molecule has 4 rings (SSSR count). The maximum Gasteiger partial charge on any atom is 0.333 e. The van der Waals surface area contributed by atoms with Crippen LogP contribution in [0, 0.1) is 0 Å². The third-order valence-corrected chi connectivity index (χ3v) is 6.77. The summed E-state index contributed by atoms with van der Waals surface area (Å²) in [5, 5.41) is 1.93. The summed E-state index contributed by atoms with van der Waals surface area (Å²) in [6.45, 7) is -0.221. The molecule has 2 amide bonds. The Kier molecular flexibility index (Phi) is 7.53. The van der Waals surface area contributed by atoms with Crippen LogP contribution in [0.15, 0.2) is 78.9 Å². The number of ketones is 1. The van der Waals surface area contributed by atoms with E-state index in [-0.39, 0.29) is 25.4 Å². The number of halogens is 1. The predicted octanol–water partition coefficient (Wildman–Crippen LogP) is 4.61. The fourth-order valence-electron chi connectivity index (χ4n) is 3.49. The highest BCUT2D eigenvalue weighted by atomic mass is 35.5. The Morgan fingerprint density at radius 1 is 0.886 bits per heavy atom. The summed E-state index contributed by atoms with van der Waals surface area (Å²) in [5.74, 6) is -1.34. The average Bonchev–Trinajstić information content (AvgIpc) is 3.16. The quantitative estimate of drug-likeness (QED) is 0.255.